The summed E-state index contributed by atoms with van der Waals surface area (Å²) < 4.78 is 3.87. The van der Waals surface area contributed by atoms with E-state index in [0.717, 1.165) is 60.0 Å². The van der Waals surface area contributed by atoms with Crippen molar-refractivity contribution in [1.29, 1.82) is 0 Å². The number of rotatable bonds is 5. The first-order valence-electron chi connectivity index (χ1n) is 13.3. The fourth-order valence-electron chi connectivity index (χ4n) is 5.89. The topological polar surface area (TPSA) is 103 Å². The summed E-state index contributed by atoms with van der Waals surface area (Å²) in [5.74, 6) is 1.91. The van der Waals surface area contributed by atoms with Crippen molar-refractivity contribution in [2.75, 3.05) is 25.9 Å². The van der Waals surface area contributed by atoms with E-state index in [4.69, 9.17) is 15.7 Å². The highest BCUT2D eigenvalue weighted by Gasteiger charge is 2.27. The van der Waals surface area contributed by atoms with Crippen LogP contribution in [-0.4, -0.2) is 60.4 Å². The van der Waals surface area contributed by atoms with Gasteiger partial charge in [-0.15, -0.1) is 0 Å². The van der Waals surface area contributed by atoms with Crippen LogP contribution < -0.4 is 11.1 Å². The summed E-state index contributed by atoms with van der Waals surface area (Å²) in [5.41, 5.74) is 12.5. The van der Waals surface area contributed by atoms with Crippen LogP contribution in [0.4, 0.5) is 5.82 Å². The van der Waals surface area contributed by atoms with Crippen LogP contribution in [0.2, 0.25) is 0 Å². The minimum atomic E-state index is 0.407. The molecular formula is C29H31N9. The molecule has 1 aromatic carbocycles. The number of likely N-dealkylation sites (tertiary alicyclic amines) is 1. The van der Waals surface area contributed by atoms with Gasteiger partial charge in [0, 0.05) is 36.4 Å². The van der Waals surface area contributed by atoms with E-state index in [0.29, 0.717) is 17.9 Å². The molecule has 2 aliphatic rings. The molecule has 0 spiro atoms. The number of nitrogens with two attached hydrogens (primary N) is 1. The van der Waals surface area contributed by atoms with E-state index in [-0.39, 0.29) is 0 Å². The highest BCUT2D eigenvalue weighted by molar-refractivity contribution is 5.83. The maximum Gasteiger partial charge on any atom is 0.167 e. The molecule has 0 amide bonds. The maximum atomic E-state index is 6.32. The van der Waals surface area contributed by atoms with Crippen molar-refractivity contribution in [3.8, 4) is 22.9 Å². The molecule has 192 valence electrons. The Labute approximate surface area is 221 Å². The first kappa shape index (κ1) is 23.1. The van der Waals surface area contributed by atoms with Gasteiger partial charge in [0.25, 0.3) is 0 Å². The van der Waals surface area contributed by atoms with Crippen molar-refractivity contribution in [2.45, 2.75) is 37.8 Å². The number of benzene rings is 1. The van der Waals surface area contributed by atoms with E-state index in [2.05, 4.69) is 50.1 Å². The van der Waals surface area contributed by atoms with Gasteiger partial charge in [-0.1, -0.05) is 6.07 Å². The largest absolute Gasteiger partial charge is 0.383 e. The Morgan fingerprint density at radius 1 is 0.974 bits per heavy atom. The molecule has 5 aromatic rings. The average Bonchev–Trinajstić information content (AvgIpc) is 3.69. The van der Waals surface area contributed by atoms with Gasteiger partial charge >= 0.3 is 0 Å². The van der Waals surface area contributed by atoms with Gasteiger partial charge in [0.2, 0.25) is 0 Å². The third-order valence-electron chi connectivity index (χ3n) is 7.93. The van der Waals surface area contributed by atoms with E-state index in [1.807, 2.05) is 36.5 Å². The van der Waals surface area contributed by atoms with Crippen molar-refractivity contribution < 1.29 is 0 Å². The van der Waals surface area contributed by atoms with Gasteiger partial charge < -0.3 is 16.0 Å². The van der Waals surface area contributed by atoms with Crippen LogP contribution in [0, 0.1) is 0 Å². The summed E-state index contributed by atoms with van der Waals surface area (Å²) in [7, 11) is 2.21. The van der Waals surface area contributed by atoms with E-state index >= 15 is 0 Å². The molecule has 7 rings (SSSR count). The van der Waals surface area contributed by atoms with E-state index < -0.39 is 0 Å². The monoisotopic (exact) mass is 505 g/mol. The van der Waals surface area contributed by atoms with Crippen molar-refractivity contribution in [2.24, 2.45) is 0 Å². The number of piperidine rings is 1. The second-order valence-corrected chi connectivity index (χ2v) is 10.4. The van der Waals surface area contributed by atoms with Gasteiger partial charge in [0.15, 0.2) is 17.3 Å². The van der Waals surface area contributed by atoms with Crippen molar-refractivity contribution in [3.63, 3.8) is 0 Å². The second-order valence-electron chi connectivity index (χ2n) is 10.4. The summed E-state index contributed by atoms with van der Waals surface area (Å²) >= 11 is 0. The lowest BCUT2D eigenvalue weighted by Crippen LogP contribution is -2.41. The van der Waals surface area contributed by atoms with Gasteiger partial charge in [-0.3, -0.25) is 4.57 Å². The Morgan fingerprint density at radius 3 is 2.68 bits per heavy atom. The Balaban J connectivity index is 1.31. The number of anilines is 1. The highest BCUT2D eigenvalue weighted by Crippen LogP contribution is 2.36. The minimum Gasteiger partial charge on any atom is -0.383 e. The van der Waals surface area contributed by atoms with E-state index in [1.54, 1.807) is 17.1 Å². The summed E-state index contributed by atoms with van der Waals surface area (Å²) in [5, 5.41) is 8.32. The second kappa shape index (κ2) is 9.34. The Hall–Kier alpha value is -4.08. The normalized spacial score (nSPS) is 18.3. The molecule has 1 fully saturated rings. The zero-order valence-corrected chi connectivity index (χ0v) is 21.5. The summed E-state index contributed by atoms with van der Waals surface area (Å²) in [6.07, 6.45) is 9.94. The van der Waals surface area contributed by atoms with E-state index in [1.165, 1.54) is 24.0 Å². The number of aromatic nitrogens is 6. The molecule has 0 bridgehead atoms. The van der Waals surface area contributed by atoms with Crippen LogP contribution in [-0.2, 0) is 6.42 Å². The van der Waals surface area contributed by atoms with Gasteiger partial charge in [-0.05, 0) is 99.4 Å². The highest BCUT2D eigenvalue weighted by atomic mass is 15.3. The standard InChI is InChI=1S/C29H31N9/c1-36-16-11-20(12-17-36)33-24-8-5-19-18-21(6-7-22(19)24)38-28(23-4-2-13-31-27(23)30)34-25-9-10-26(35-29(25)38)37-15-3-14-32-37/h2-4,6-7,9-10,13-15,18,20,24,33H,5,8,11-12,16-17H2,1H3,(H2,30,31)/t24-/m0/s1. The number of nitrogens with zero attached hydrogens (tertiary/aromatic N) is 7. The number of imidazole rings is 1. The Morgan fingerprint density at radius 2 is 1.87 bits per heavy atom. The molecule has 1 aliphatic carbocycles. The fraction of sp³-hybridized carbons (Fsp3) is 0.310. The lowest BCUT2D eigenvalue weighted by atomic mass is 10.0. The van der Waals surface area contributed by atoms with Crippen molar-refractivity contribution in [1.82, 2.24) is 39.5 Å². The van der Waals surface area contributed by atoms with Crippen LogP contribution in [0.3, 0.4) is 0 Å². The van der Waals surface area contributed by atoms with Gasteiger partial charge in [-0.25, -0.2) is 19.6 Å². The summed E-state index contributed by atoms with van der Waals surface area (Å²) in [6, 6.07) is 17.4. The lowest BCUT2D eigenvalue weighted by Gasteiger charge is -2.31. The minimum absolute atomic E-state index is 0.407. The maximum absolute atomic E-state index is 6.32. The number of hydrogen-bond acceptors (Lipinski definition) is 7. The molecule has 1 aliphatic heterocycles. The quantitative estimate of drug-likeness (QED) is 0.373. The summed E-state index contributed by atoms with van der Waals surface area (Å²) in [6.45, 7) is 2.33. The number of pyridine rings is 2. The molecule has 5 heterocycles. The molecule has 0 radical (unpaired) electrons. The Bertz CT molecular complexity index is 1600. The van der Waals surface area contributed by atoms with Gasteiger partial charge in [0.05, 0.1) is 5.56 Å². The molecule has 4 aromatic heterocycles. The molecule has 9 nitrogen and oxygen atoms in total. The van der Waals surface area contributed by atoms with Gasteiger partial charge in [0.1, 0.15) is 11.3 Å². The fourth-order valence-corrected chi connectivity index (χ4v) is 5.89. The third kappa shape index (κ3) is 4.04. The lowest BCUT2D eigenvalue weighted by molar-refractivity contribution is 0.224. The zero-order valence-electron chi connectivity index (χ0n) is 21.5. The SMILES string of the molecule is CN1CCC(N[C@H]2CCc3cc(-n4c(-c5cccnc5N)nc5ccc(-n6cccn6)nc54)ccc32)CC1. The number of aryl methyl sites for hydroxylation is 1. The number of hydrogen-bond donors (Lipinski definition) is 2. The number of fused-ring (bicyclic) bond motifs is 2. The Kier molecular flexibility index (Phi) is 5.67. The molecule has 1 atom stereocenters. The molecule has 38 heavy (non-hydrogen) atoms. The predicted octanol–water partition coefficient (Wildman–Crippen LogP) is 3.92. The number of nitrogens with one attached hydrogen (secondary N) is 1. The van der Waals surface area contributed by atoms with E-state index in [9.17, 15) is 0 Å². The number of nitrogen functional groups attached to an aromatic ring is 1. The first-order chi connectivity index (χ1) is 18.6. The zero-order chi connectivity index (χ0) is 25.6. The first-order valence-corrected chi connectivity index (χ1v) is 13.3. The molecule has 9 heteroatoms. The predicted molar refractivity (Wildman–Crippen MR) is 148 cm³/mol. The molecule has 3 N–H and O–H groups in total. The average molecular weight is 506 g/mol. The van der Waals surface area contributed by atoms with Crippen molar-refractivity contribution >= 4 is 17.0 Å². The van der Waals surface area contributed by atoms with Crippen LogP contribution in [0.25, 0.3) is 34.1 Å². The van der Waals surface area contributed by atoms with Gasteiger partial charge in [-0.2, -0.15) is 5.10 Å². The van der Waals surface area contributed by atoms with Crippen LogP contribution in [0.5, 0.6) is 0 Å². The summed E-state index contributed by atoms with van der Waals surface area (Å²) in [4.78, 5) is 16.7. The smallest absolute Gasteiger partial charge is 0.167 e. The van der Waals surface area contributed by atoms with Crippen molar-refractivity contribution in [3.05, 3.63) is 78.2 Å². The van der Waals surface area contributed by atoms with Crippen LogP contribution in [0.1, 0.15) is 36.4 Å². The van der Waals surface area contributed by atoms with Crippen LogP contribution in [0.15, 0.2) is 67.1 Å². The molecular weight excluding hydrogens is 474 g/mol. The third-order valence-corrected chi connectivity index (χ3v) is 7.93. The molecule has 0 unspecified atom stereocenters. The van der Waals surface area contributed by atoms with Crippen LogP contribution >= 0.6 is 0 Å². The molecule has 0 saturated carbocycles. The molecule has 1 saturated heterocycles.